The van der Waals surface area contributed by atoms with Crippen molar-refractivity contribution in [1.29, 1.82) is 0 Å². The fraction of sp³-hybridized carbons (Fsp3) is 1.00. The summed E-state index contributed by atoms with van der Waals surface area (Å²) in [5.41, 5.74) is 4.85. The van der Waals surface area contributed by atoms with E-state index >= 15 is 0 Å². The van der Waals surface area contributed by atoms with E-state index in [1.165, 1.54) is 0 Å². The van der Waals surface area contributed by atoms with E-state index in [2.05, 4.69) is 38.2 Å². The third-order valence-corrected chi connectivity index (χ3v) is 0.986. The summed E-state index contributed by atoms with van der Waals surface area (Å²) in [5.74, 6) is 0. The Labute approximate surface area is 78.3 Å². The van der Waals surface area contributed by atoms with Gasteiger partial charge in [-0.15, -0.1) is 0 Å². The zero-order valence-corrected chi connectivity index (χ0v) is 9.65. The van der Waals surface area contributed by atoms with Crippen molar-refractivity contribution in [3.8, 4) is 0 Å². The molecule has 0 saturated carbocycles. The van der Waals surface area contributed by atoms with Crippen LogP contribution in [0.4, 0.5) is 0 Å². The minimum Gasteiger partial charge on any atom is -0.331 e. The maximum atomic E-state index is 4.85. The Morgan fingerprint density at radius 1 is 1.17 bits per heavy atom. The van der Waals surface area contributed by atoms with Crippen LogP contribution in [0.1, 0.15) is 20.8 Å². The standard InChI is InChI=1S/C4H11N.C3H9N.C2H7N/c1-4-5(2)3;1-3-4-2;1-2-3/h4H2,1-3H3;4H,3H2,1-2H3;2-3H2,1H3. The van der Waals surface area contributed by atoms with Gasteiger partial charge in [-0.05, 0) is 40.8 Å². The van der Waals surface area contributed by atoms with Crippen molar-refractivity contribution in [3.63, 3.8) is 0 Å². The second kappa shape index (κ2) is 22.4. The van der Waals surface area contributed by atoms with E-state index in [0.717, 1.165) is 19.6 Å². The Balaban J connectivity index is -0.000000105. The summed E-state index contributed by atoms with van der Waals surface area (Å²) in [5, 5.41) is 2.93. The number of hydrogen-bond donors (Lipinski definition) is 2. The Bertz CT molecular complexity index is 45.0. The molecule has 0 aliphatic carbocycles. The molecule has 0 radical (unpaired) electrons. The number of rotatable bonds is 2. The quantitative estimate of drug-likeness (QED) is 0.654. The van der Waals surface area contributed by atoms with Gasteiger partial charge in [0.15, 0.2) is 0 Å². The van der Waals surface area contributed by atoms with Crippen molar-refractivity contribution in [3.05, 3.63) is 0 Å². The van der Waals surface area contributed by atoms with Crippen LogP contribution in [0.5, 0.6) is 0 Å². The van der Waals surface area contributed by atoms with Gasteiger partial charge in [-0.25, -0.2) is 0 Å². The van der Waals surface area contributed by atoms with Crippen molar-refractivity contribution >= 4 is 0 Å². The molecule has 0 fully saturated rings. The van der Waals surface area contributed by atoms with E-state index in [0.29, 0.717) is 0 Å². The van der Waals surface area contributed by atoms with E-state index in [4.69, 9.17) is 5.73 Å². The molecule has 0 bridgehead atoms. The number of nitrogens with two attached hydrogens (primary N) is 1. The third-order valence-electron chi connectivity index (χ3n) is 0.986. The highest BCUT2D eigenvalue weighted by molar-refractivity contribution is 4.25. The van der Waals surface area contributed by atoms with Crippen LogP contribution in [0, 0.1) is 0 Å². The smallest absolute Gasteiger partial charge is 0.00533 e. The van der Waals surface area contributed by atoms with Gasteiger partial charge in [0.05, 0.1) is 0 Å². The summed E-state index contributed by atoms with van der Waals surface area (Å²) < 4.78 is 0. The lowest BCUT2D eigenvalue weighted by atomic mass is 10.7. The minimum atomic E-state index is 0.750. The molecule has 3 heteroatoms. The van der Waals surface area contributed by atoms with Crippen LogP contribution in [0.2, 0.25) is 0 Å². The maximum Gasteiger partial charge on any atom is -0.00533 e. The fourth-order valence-electron chi connectivity index (χ4n) is 0. The molecule has 0 unspecified atom stereocenters. The average molecular weight is 177 g/mol. The summed E-state index contributed by atoms with van der Waals surface area (Å²) in [6.07, 6.45) is 0. The van der Waals surface area contributed by atoms with Crippen molar-refractivity contribution < 1.29 is 0 Å². The maximum absolute atomic E-state index is 4.85. The van der Waals surface area contributed by atoms with Crippen molar-refractivity contribution in [2.24, 2.45) is 5.73 Å². The second-order valence-corrected chi connectivity index (χ2v) is 2.51. The largest absolute Gasteiger partial charge is 0.331 e. The summed E-state index contributed by atoms with van der Waals surface area (Å²) in [4.78, 5) is 2.12. The molecule has 3 nitrogen and oxygen atoms in total. The highest BCUT2D eigenvalue weighted by Crippen LogP contribution is 1.63. The van der Waals surface area contributed by atoms with Crippen LogP contribution in [0.3, 0.4) is 0 Å². The van der Waals surface area contributed by atoms with E-state index in [9.17, 15) is 0 Å². The molecule has 0 amide bonds. The molecule has 3 N–H and O–H groups in total. The van der Waals surface area contributed by atoms with E-state index in [1.807, 2.05) is 14.0 Å². The lowest BCUT2D eigenvalue weighted by molar-refractivity contribution is 0.434. The van der Waals surface area contributed by atoms with Crippen LogP contribution in [-0.4, -0.2) is 45.7 Å². The summed E-state index contributed by atoms with van der Waals surface area (Å²) in [7, 11) is 6.04. The summed E-state index contributed by atoms with van der Waals surface area (Å²) in [6, 6.07) is 0. The molecular formula is C9H27N3. The van der Waals surface area contributed by atoms with Gasteiger partial charge in [-0.3, -0.25) is 0 Å². The Morgan fingerprint density at radius 3 is 1.33 bits per heavy atom. The van der Waals surface area contributed by atoms with Gasteiger partial charge >= 0.3 is 0 Å². The van der Waals surface area contributed by atoms with Gasteiger partial charge in [0, 0.05) is 0 Å². The molecule has 0 aliphatic rings. The van der Waals surface area contributed by atoms with Crippen LogP contribution in [0.25, 0.3) is 0 Å². The molecule has 0 spiro atoms. The zero-order valence-electron chi connectivity index (χ0n) is 9.65. The van der Waals surface area contributed by atoms with E-state index < -0.39 is 0 Å². The summed E-state index contributed by atoms with van der Waals surface area (Å²) in [6.45, 7) is 9.06. The first-order chi connectivity index (χ1) is 5.60. The second-order valence-electron chi connectivity index (χ2n) is 2.51. The SMILES string of the molecule is CCN.CCN(C)C.CCNC. The van der Waals surface area contributed by atoms with Gasteiger partial charge in [-0.2, -0.15) is 0 Å². The van der Waals surface area contributed by atoms with Crippen LogP contribution in [-0.2, 0) is 0 Å². The predicted octanol–water partition coefficient (Wildman–Crippen LogP) is 0.759. The molecule has 0 aromatic rings. The molecular weight excluding hydrogens is 150 g/mol. The highest BCUT2D eigenvalue weighted by atomic mass is 15.0. The molecule has 0 aromatic heterocycles. The molecule has 12 heavy (non-hydrogen) atoms. The molecule has 0 saturated heterocycles. The monoisotopic (exact) mass is 177 g/mol. The lowest BCUT2D eigenvalue weighted by Gasteiger charge is -2.00. The fourth-order valence-corrected chi connectivity index (χ4v) is 0. The molecule has 0 aliphatic heterocycles. The topological polar surface area (TPSA) is 41.3 Å². The Hall–Kier alpha value is -0.120. The van der Waals surface area contributed by atoms with Crippen molar-refractivity contribution in [2.75, 3.05) is 40.8 Å². The molecule has 0 aromatic carbocycles. The average Bonchev–Trinajstić information content (AvgIpc) is 2.06. The third kappa shape index (κ3) is 93.9. The number of hydrogen-bond acceptors (Lipinski definition) is 3. The van der Waals surface area contributed by atoms with Crippen LogP contribution in [0.15, 0.2) is 0 Å². The highest BCUT2D eigenvalue weighted by Gasteiger charge is 1.72. The van der Waals surface area contributed by atoms with Gasteiger partial charge < -0.3 is 16.0 Å². The molecule has 78 valence electrons. The predicted molar refractivity (Wildman–Crippen MR) is 58.6 cm³/mol. The first kappa shape index (κ1) is 17.8. The summed E-state index contributed by atoms with van der Waals surface area (Å²) >= 11 is 0. The molecule has 0 heterocycles. The van der Waals surface area contributed by atoms with Crippen molar-refractivity contribution in [1.82, 2.24) is 10.2 Å². The van der Waals surface area contributed by atoms with Crippen molar-refractivity contribution in [2.45, 2.75) is 20.8 Å². The van der Waals surface area contributed by atoms with Gasteiger partial charge in [0.25, 0.3) is 0 Å². The first-order valence-corrected chi connectivity index (χ1v) is 4.59. The lowest BCUT2D eigenvalue weighted by Crippen LogP contribution is -2.08. The van der Waals surface area contributed by atoms with Gasteiger partial charge in [-0.1, -0.05) is 20.8 Å². The van der Waals surface area contributed by atoms with E-state index in [-0.39, 0.29) is 0 Å². The van der Waals surface area contributed by atoms with Gasteiger partial charge in [0.1, 0.15) is 0 Å². The normalized spacial score (nSPS) is 8.00. The number of nitrogens with one attached hydrogen (secondary N) is 1. The molecule has 0 atom stereocenters. The molecule has 0 rings (SSSR count). The Morgan fingerprint density at radius 2 is 1.33 bits per heavy atom. The minimum absolute atomic E-state index is 0.750. The van der Waals surface area contributed by atoms with E-state index in [1.54, 1.807) is 0 Å². The number of nitrogens with zero attached hydrogens (tertiary/aromatic N) is 1. The first-order valence-electron chi connectivity index (χ1n) is 4.59. The van der Waals surface area contributed by atoms with Crippen LogP contribution < -0.4 is 11.1 Å². The Kier molecular flexibility index (Phi) is 33.3. The van der Waals surface area contributed by atoms with Crippen LogP contribution >= 0.6 is 0 Å². The van der Waals surface area contributed by atoms with Gasteiger partial charge in [0.2, 0.25) is 0 Å². The zero-order chi connectivity index (χ0) is 10.4.